The lowest BCUT2D eigenvalue weighted by Crippen LogP contribution is -2.36. The molecule has 0 aromatic heterocycles. The van der Waals surface area contributed by atoms with Gasteiger partial charge in [-0.05, 0) is 76.4 Å². The highest BCUT2D eigenvalue weighted by atomic mass is 19.1. The summed E-state index contributed by atoms with van der Waals surface area (Å²) >= 11 is 0. The lowest BCUT2D eigenvalue weighted by molar-refractivity contribution is -0.143. The summed E-state index contributed by atoms with van der Waals surface area (Å²) in [7, 11) is 0. The molecule has 0 spiro atoms. The maximum atomic E-state index is 15.2. The van der Waals surface area contributed by atoms with Crippen LogP contribution in [0.2, 0.25) is 0 Å². The van der Waals surface area contributed by atoms with Gasteiger partial charge in [0.2, 0.25) is 0 Å². The number of rotatable bonds is 6. The topological polar surface area (TPSA) is 84.9 Å². The van der Waals surface area contributed by atoms with E-state index >= 15 is 4.39 Å². The van der Waals surface area contributed by atoms with Crippen molar-refractivity contribution in [3.8, 4) is 16.9 Å². The molecule has 6 nitrogen and oxygen atoms in total. The van der Waals surface area contributed by atoms with Gasteiger partial charge in [0.05, 0.1) is 19.1 Å². The largest absolute Gasteiger partial charge is 0.507 e. The van der Waals surface area contributed by atoms with E-state index in [0.717, 1.165) is 5.56 Å². The molecule has 0 aliphatic carbocycles. The average molecular weight is 432 g/mol. The fourth-order valence-corrected chi connectivity index (χ4v) is 3.30. The van der Waals surface area contributed by atoms with E-state index in [1.165, 1.54) is 6.07 Å². The van der Waals surface area contributed by atoms with E-state index in [4.69, 9.17) is 9.47 Å². The van der Waals surface area contributed by atoms with Crippen molar-refractivity contribution in [2.45, 2.75) is 59.6 Å². The molecule has 0 aliphatic rings. The predicted octanol–water partition coefficient (Wildman–Crippen LogP) is 5.33. The van der Waals surface area contributed by atoms with Crippen molar-refractivity contribution in [1.82, 2.24) is 5.32 Å². The van der Waals surface area contributed by atoms with E-state index in [-0.39, 0.29) is 24.3 Å². The monoisotopic (exact) mass is 431 g/mol. The molecular formula is C24H30FNO5. The van der Waals surface area contributed by atoms with Crippen molar-refractivity contribution in [3.63, 3.8) is 0 Å². The molecule has 0 bridgehead atoms. The van der Waals surface area contributed by atoms with Crippen molar-refractivity contribution >= 4 is 12.1 Å². The molecule has 0 unspecified atom stereocenters. The number of alkyl carbamates (subject to hydrolysis) is 1. The van der Waals surface area contributed by atoms with Gasteiger partial charge in [-0.15, -0.1) is 0 Å². The zero-order valence-corrected chi connectivity index (χ0v) is 18.8. The maximum absolute atomic E-state index is 15.2. The van der Waals surface area contributed by atoms with Crippen LogP contribution in [-0.4, -0.2) is 29.4 Å². The van der Waals surface area contributed by atoms with Gasteiger partial charge in [0.1, 0.15) is 17.2 Å². The Morgan fingerprint density at radius 3 is 2.42 bits per heavy atom. The molecule has 0 fully saturated rings. The van der Waals surface area contributed by atoms with E-state index in [0.29, 0.717) is 16.7 Å². The van der Waals surface area contributed by atoms with Gasteiger partial charge in [-0.25, -0.2) is 9.18 Å². The molecule has 168 valence electrons. The third-order valence-corrected chi connectivity index (χ3v) is 4.56. The molecule has 2 N–H and O–H groups in total. The fraction of sp³-hybridized carbons (Fsp3) is 0.417. The van der Waals surface area contributed by atoms with Crippen LogP contribution in [-0.2, 0) is 14.3 Å². The van der Waals surface area contributed by atoms with E-state index in [1.807, 2.05) is 13.0 Å². The minimum absolute atomic E-state index is 0.0546. The molecule has 2 aromatic rings. The maximum Gasteiger partial charge on any atom is 0.408 e. The molecule has 0 radical (unpaired) electrons. The summed E-state index contributed by atoms with van der Waals surface area (Å²) < 4.78 is 25.5. The molecule has 0 heterocycles. The number of aromatic hydroxyl groups is 1. The fourth-order valence-electron chi connectivity index (χ4n) is 3.30. The van der Waals surface area contributed by atoms with Gasteiger partial charge < -0.3 is 19.9 Å². The summed E-state index contributed by atoms with van der Waals surface area (Å²) in [6, 6.07) is 7.25. The van der Waals surface area contributed by atoms with Crippen LogP contribution < -0.4 is 5.32 Å². The first-order valence-corrected chi connectivity index (χ1v) is 10.2. The van der Waals surface area contributed by atoms with Gasteiger partial charge in [-0.1, -0.05) is 12.1 Å². The van der Waals surface area contributed by atoms with Crippen LogP contribution in [0, 0.1) is 19.7 Å². The predicted molar refractivity (Wildman–Crippen MR) is 116 cm³/mol. The second kappa shape index (κ2) is 9.81. The average Bonchev–Trinajstić information content (AvgIpc) is 2.62. The third kappa shape index (κ3) is 6.44. The zero-order valence-electron chi connectivity index (χ0n) is 18.8. The standard InChI is InChI=1S/C24H30FNO5/c1-7-30-20(28)13-18(26-23(29)31-24(4,5)6)17-12-16(11-15(3)22(17)25)21-14(2)9-8-10-19(21)27/h8-12,18,27H,7,13H2,1-6H3,(H,26,29)/t18-/m0/s1. The molecule has 0 aliphatic heterocycles. The normalized spacial score (nSPS) is 12.2. The van der Waals surface area contributed by atoms with Crippen LogP contribution in [0.1, 0.15) is 56.8 Å². The number of carbonyl (C=O) groups excluding carboxylic acids is 2. The van der Waals surface area contributed by atoms with Crippen molar-refractivity contribution in [2.24, 2.45) is 0 Å². The Kier molecular flexibility index (Phi) is 7.65. The van der Waals surface area contributed by atoms with E-state index in [2.05, 4.69) is 5.32 Å². The number of benzene rings is 2. The van der Waals surface area contributed by atoms with Gasteiger partial charge in [-0.3, -0.25) is 4.79 Å². The van der Waals surface area contributed by atoms with Crippen LogP contribution >= 0.6 is 0 Å². The van der Waals surface area contributed by atoms with E-state index in [1.54, 1.807) is 52.8 Å². The highest BCUT2D eigenvalue weighted by molar-refractivity contribution is 5.76. The lowest BCUT2D eigenvalue weighted by atomic mass is 9.92. The molecule has 1 atom stereocenters. The number of hydrogen-bond donors (Lipinski definition) is 2. The second-order valence-electron chi connectivity index (χ2n) is 8.37. The zero-order chi connectivity index (χ0) is 23.3. The van der Waals surface area contributed by atoms with E-state index < -0.39 is 29.5 Å². The number of halogens is 1. The quantitative estimate of drug-likeness (QED) is 0.604. The van der Waals surface area contributed by atoms with Gasteiger partial charge >= 0.3 is 12.1 Å². The molecule has 2 rings (SSSR count). The second-order valence-corrected chi connectivity index (χ2v) is 8.37. The highest BCUT2D eigenvalue weighted by Gasteiger charge is 2.27. The molecule has 31 heavy (non-hydrogen) atoms. The highest BCUT2D eigenvalue weighted by Crippen LogP contribution is 2.36. The van der Waals surface area contributed by atoms with Gasteiger partial charge in [0.25, 0.3) is 0 Å². The summed E-state index contributed by atoms with van der Waals surface area (Å²) in [6.45, 7) is 10.4. The molecule has 2 aromatic carbocycles. The number of esters is 1. The van der Waals surface area contributed by atoms with Crippen LogP contribution in [0.3, 0.4) is 0 Å². The summed E-state index contributed by atoms with van der Waals surface area (Å²) in [5.41, 5.74) is 1.59. The number of phenolic OH excluding ortho intramolecular Hbond substituents is 1. The number of ether oxygens (including phenoxy) is 2. The smallest absolute Gasteiger partial charge is 0.408 e. The third-order valence-electron chi connectivity index (χ3n) is 4.56. The molecule has 7 heteroatoms. The summed E-state index contributed by atoms with van der Waals surface area (Å²) in [5.74, 6) is -1.08. The Morgan fingerprint density at radius 1 is 1.16 bits per heavy atom. The van der Waals surface area contributed by atoms with Crippen molar-refractivity contribution < 1.29 is 28.6 Å². The summed E-state index contributed by atoms with van der Waals surface area (Å²) in [4.78, 5) is 24.6. The van der Waals surface area contributed by atoms with Crippen molar-refractivity contribution in [3.05, 3.63) is 52.8 Å². The SMILES string of the molecule is CCOC(=O)C[C@H](NC(=O)OC(C)(C)C)c1cc(-c2c(C)cccc2O)cc(C)c1F. The first-order valence-electron chi connectivity index (χ1n) is 10.2. The Hall–Kier alpha value is -3.09. The van der Waals surface area contributed by atoms with Crippen LogP contribution in [0.25, 0.3) is 11.1 Å². The summed E-state index contributed by atoms with van der Waals surface area (Å²) in [5, 5.41) is 13.0. The number of hydrogen-bond acceptors (Lipinski definition) is 5. The lowest BCUT2D eigenvalue weighted by Gasteiger charge is -2.24. The number of aryl methyl sites for hydroxylation is 2. The Balaban J connectivity index is 2.54. The van der Waals surface area contributed by atoms with Crippen molar-refractivity contribution in [1.29, 1.82) is 0 Å². The van der Waals surface area contributed by atoms with Gasteiger partial charge in [0, 0.05) is 11.1 Å². The Morgan fingerprint density at radius 2 is 1.84 bits per heavy atom. The van der Waals surface area contributed by atoms with Crippen LogP contribution in [0.15, 0.2) is 30.3 Å². The van der Waals surface area contributed by atoms with Gasteiger partial charge in [-0.2, -0.15) is 0 Å². The van der Waals surface area contributed by atoms with Crippen LogP contribution in [0.5, 0.6) is 5.75 Å². The molecular weight excluding hydrogens is 401 g/mol. The Labute approximate surface area is 182 Å². The summed E-state index contributed by atoms with van der Waals surface area (Å²) in [6.07, 6.45) is -1.05. The minimum atomic E-state index is -1.02. The number of nitrogens with one attached hydrogen (secondary N) is 1. The molecule has 0 saturated carbocycles. The van der Waals surface area contributed by atoms with E-state index in [9.17, 15) is 14.7 Å². The van der Waals surface area contributed by atoms with Crippen LogP contribution in [0.4, 0.5) is 9.18 Å². The molecule has 0 saturated heterocycles. The number of phenols is 1. The number of amides is 1. The molecule has 1 amide bonds. The first-order chi connectivity index (χ1) is 14.4. The minimum Gasteiger partial charge on any atom is -0.507 e. The van der Waals surface area contributed by atoms with Crippen molar-refractivity contribution in [2.75, 3.05) is 6.61 Å². The Bertz CT molecular complexity index is 945. The number of carbonyl (C=O) groups is 2. The first kappa shape index (κ1) is 24.2. The van der Waals surface area contributed by atoms with Gasteiger partial charge in [0.15, 0.2) is 0 Å².